The van der Waals surface area contributed by atoms with Crippen LogP contribution in [-0.4, -0.2) is 46.6 Å². The van der Waals surface area contributed by atoms with E-state index < -0.39 is 0 Å². The molecular formula is C19H30N6O. The number of piperidine rings is 1. The van der Waals surface area contributed by atoms with Crippen molar-refractivity contribution in [3.8, 4) is 0 Å². The smallest absolute Gasteiger partial charge is 0.134 e. The maximum atomic E-state index is 5.16. The Labute approximate surface area is 155 Å². The van der Waals surface area contributed by atoms with Gasteiger partial charge >= 0.3 is 0 Å². The van der Waals surface area contributed by atoms with Crippen LogP contribution in [0.2, 0.25) is 0 Å². The molecule has 3 heterocycles. The number of nitrogens with zero attached hydrogens (tertiary/aromatic N) is 5. The van der Waals surface area contributed by atoms with Crippen LogP contribution in [0.3, 0.4) is 0 Å². The zero-order valence-corrected chi connectivity index (χ0v) is 16.3. The molecule has 0 radical (unpaired) electrons. The third-order valence-corrected chi connectivity index (χ3v) is 5.12. The van der Waals surface area contributed by atoms with Gasteiger partial charge in [-0.15, -0.1) is 0 Å². The number of aryl methyl sites for hydroxylation is 1. The first-order valence-electron chi connectivity index (χ1n) is 9.41. The highest BCUT2D eigenvalue weighted by molar-refractivity contribution is 5.49. The fourth-order valence-electron chi connectivity index (χ4n) is 3.58. The Kier molecular flexibility index (Phi) is 6.08. The molecule has 2 aromatic rings. The Morgan fingerprint density at radius 1 is 1.31 bits per heavy atom. The van der Waals surface area contributed by atoms with Gasteiger partial charge in [0, 0.05) is 44.1 Å². The second kappa shape index (κ2) is 8.49. The topological polar surface area (TPSA) is 68.1 Å². The molecule has 0 amide bonds. The zero-order valence-electron chi connectivity index (χ0n) is 16.3. The Balaban J connectivity index is 1.67. The fourth-order valence-corrected chi connectivity index (χ4v) is 3.58. The van der Waals surface area contributed by atoms with E-state index in [9.17, 15) is 0 Å². The summed E-state index contributed by atoms with van der Waals surface area (Å²) >= 11 is 0. The SMILES string of the molecule is COCCn1nc(C)c(CNc2cc(N3CCCC(C)C3)ncn2)c1C. The lowest BCUT2D eigenvalue weighted by atomic mass is 10.0. The molecular weight excluding hydrogens is 328 g/mol. The molecule has 1 unspecified atom stereocenters. The number of nitrogens with one attached hydrogen (secondary N) is 1. The first kappa shape index (κ1) is 18.6. The van der Waals surface area contributed by atoms with Gasteiger partial charge in [0.25, 0.3) is 0 Å². The Bertz CT molecular complexity index is 729. The molecule has 0 aromatic carbocycles. The summed E-state index contributed by atoms with van der Waals surface area (Å²) in [5.41, 5.74) is 3.43. The minimum absolute atomic E-state index is 0.665. The van der Waals surface area contributed by atoms with Gasteiger partial charge in [-0.25, -0.2) is 9.97 Å². The molecule has 2 aromatic heterocycles. The number of ether oxygens (including phenoxy) is 1. The van der Waals surface area contributed by atoms with Crippen LogP contribution in [0.15, 0.2) is 12.4 Å². The predicted molar refractivity (Wildman–Crippen MR) is 104 cm³/mol. The van der Waals surface area contributed by atoms with E-state index in [1.165, 1.54) is 24.1 Å². The normalized spacial score (nSPS) is 17.5. The van der Waals surface area contributed by atoms with Crippen LogP contribution < -0.4 is 10.2 Å². The summed E-state index contributed by atoms with van der Waals surface area (Å²) in [4.78, 5) is 11.2. The van der Waals surface area contributed by atoms with Gasteiger partial charge in [0.15, 0.2) is 0 Å². The van der Waals surface area contributed by atoms with E-state index in [1.54, 1.807) is 13.4 Å². The molecule has 3 rings (SSSR count). The van der Waals surface area contributed by atoms with E-state index in [0.29, 0.717) is 13.2 Å². The largest absolute Gasteiger partial charge is 0.383 e. The predicted octanol–water partition coefficient (Wildman–Crippen LogP) is 2.78. The summed E-state index contributed by atoms with van der Waals surface area (Å²) < 4.78 is 7.17. The van der Waals surface area contributed by atoms with Crippen molar-refractivity contribution in [1.29, 1.82) is 0 Å². The van der Waals surface area contributed by atoms with Crippen LogP contribution in [0.4, 0.5) is 11.6 Å². The van der Waals surface area contributed by atoms with Gasteiger partial charge in [-0.05, 0) is 32.6 Å². The highest BCUT2D eigenvalue weighted by Crippen LogP contribution is 2.23. The van der Waals surface area contributed by atoms with Crippen LogP contribution in [0.25, 0.3) is 0 Å². The lowest BCUT2D eigenvalue weighted by Crippen LogP contribution is -2.34. The lowest BCUT2D eigenvalue weighted by molar-refractivity contribution is 0.182. The van der Waals surface area contributed by atoms with Gasteiger partial charge < -0.3 is 15.0 Å². The number of aromatic nitrogens is 4. The maximum Gasteiger partial charge on any atom is 0.134 e. The third kappa shape index (κ3) is 4.33. The monoisotopic (exact) mass is 358 g/mol. The van der Waals surface area contributed by atoms with Crippen LogP contribution in [0.5, 0.6) is 0 Å². The Morgan fingerprint density at radius 3 is 2.92 bits per heavy atom. The summed E-state index contributed by atoms with van der Waals surface area (Å²) in [5, 5.41) is 8.06. The van der Waals surface area contributed by atoms with Crippen molar-refractivity contribution < 1.29 is 4.74 Å². The summed E-state index contributed by atoms with van der Waals surface area (Å²) in [7, 11) is 1.71. The number of hydrogen-bond donors (Lipinski definition) is 1. The molecule has 7 heteroatoms. The van der Waals surface area contributed by atoms with Crippen molar-refractivity contribution in [2.24, 2.45) is 5.92 Å². The van der Waals surface area contributed by atoms with E-state index in [0.717, 1.165) is 42.9 Å². The van der Waals surface area contributed by atoms with Crippen LogP contribution in [0.1, 0.15) is 36.7 Å². The van der Waals surface area contributed by atoms with Gasteiger partial charge in [-0.2, -0.15) is 5.10 Å². The molecule has 26 heavy (non-hydrogen) atoms. The van der Waals surface area contributed by atoms with Crippen LogP contribution in [0, 0.1) is 19.8 Å². The van der Waals surface area contributed by atoms with E-state index in [1.807, 2.05) is 11.6 Å². The van der Waals surface area contributed by atoms with Crippen molar-refractivity contribution in [3.63, 3.8) is 0 Å². The summed E-state index contributed by atoms with van der Waals surface area (Å²) in [6.07, 6.45) is 4.18. The van der Waals surface area contributed by atoms with Gasteiger partial charge in [-0.3, -0.25) is 4.68 Å². The van der Waals surface area contributed by atoms with Gasteiger partial charge in [-0.1, -0.05) is 6.92 Å². The summed E-state index contributed by atoms with van der Waals surface area (Å²) in [6.45, 7) is 10.7. The van der Waals surface area contributed by atoms with Crippen molar-refractivity contribution in [2.45, 2.75) is 46.7 Å². The molecule has 1 saturated heterocycles. The minimum atomic E-state index is 0.665. The van der Waals surface area contributed by atoms with Crippen molar-refractivity contribution in [2.75, 3.05) is 37.0 Å². The lowest BCUT2D eigenvalue weighted by Gasteiger charge is -2.31. The molecule has 142 valence electrons. The second-order valence-electron chi connectivity index (χ2n) is 7.17. The van der Waals surface area contributed by atoms with Crippen molar-refractivity contribution in [3.05, 3.63) is 29.3 Å². The van der Waals surface area contributed by atoms with Crippen molar-refractivity contribution >= 4 is 11.6 Å². The number of hydrogen-bond acceptors (Lipinski definition) is 6. The molecule has 0 bridgehead atoms. The van der Waals surface area contributed by atoms with Crippen LogP contribution in [-0.2, 0) is 17.8 Å². The molecule has 1 aliphatic heterocycles. The molecule has 0 spiro atoms. The first-order chi connectivity index (χ1) is 12.6. The van der Waals surface area contributed by atoms with Gasteiger partial charge in [0.1, 0.15) is 18.0 Å². The zero-order chi connectivity index (χ0) is 18.5. The number of rotatable bonds is 7. The maximum absolute atomic E-state index is 5.16. The Morgan fingerprint density at radius 2 is 2.15 bits per heavy atom. The molecule has 7 nitrogen and oxygen atoms in total. The molecule has 1 atom stereocenters. The highest BCUT2D eigenvalue weighted by Gasteiger charge is 2.18. The molecule has 1 aliphatic rings. The summed E-state index contributed by atoms with van der Waals surface area (Å²) in [5.74, 6) is 2.59. The van der Waals surface area contributed by atoms with E-state index in [2.05, 4.69) is 45.2 Å². The quantitative estimate of drug-likeness (QED) is 0.821. The summed E-state index contributed by atoms with van der Waals surface area (Å²) in [6, 6.07) is 2.05. The molecule has 0 aliphatic carbocycles. The molecule has 1 fully saturated rings. The van der Waals surface area contributed by atoms with Crippen LogP contribution >= 0.6 is 0 Å². The Hall–Kier alpha value is -2.15. The van der Waals surface area contributed by atoms with E-state index in [-0.39, 0.29) is 0 Å². The molecule has 1 N–H and O–H groups in total. The number of anilines is 2. The van der Waals surface area contributed by atoms with Gasteiger partial charge in [0.05, 0.1) is 18.8 Å². The van der Waals surface area contributed by atoms with Gasteiger partial charge in [0.2, 0.25) is 0 Å². The highest BCUT2D eigenvalue weighted by atomic mass is 16.5. The standard InChI is InChI=1S/C19H30N6O/c1-14-6-5-7-24(12-14)19-10-18(21-13-22-19)20-11-17-15(2)23-25(16(17)3)8-9-26-4/h10,13-14H,5-9,11-12H2,1-4H3,(H,20,21,22). The average molecular weight is 358 g/mol. The van der Waals surface area contributed by atoms with E-state index in [4.69, 9.17) is 4.74 Å². The minimum Gasteiger partial charge on any atom is -0.383 e. The van der Waals surface area contributed by atoms with E-state index >= 15 is 0 Å². The second-order valence-corrected chi connectivity index (χ2v) is 7.17. The fraction of sp³-hybridized carbons (Fsp3) is 0.632. The van der Waals surface area contributed by atoms with Crippen molar-refractivity contribution in [1.82, 2.24) is 19.7 Å². The third-order valence-electron chi connectivity index (χ3n) is 5.12. The average Bonchev–Trinajstić information content (AvgIpc) is 2.91. The first-order valence-corrected chi connectivity index (χ1v) is 9.41. The molecule has 0 saturated carbocycles. The number of methoxy groups -OCH3 is 1.